The van der Waals surface area contributed by atoms with Crippen molar-refractivity contribution in [3.63, 3.8) is 0 Å². The fourth-order valence-corrected chi connectivity index (χ4v) is 10.2. The first-order valence-corrected chi connectivity index (χ1v) is 34.3. The van der Waals surface area contributed by atoms with Gasteiger partial charge in [0, 0.05) is 19.3 Å². The van der Waals surface area contributed by atoms with Gasteiger partial charge in [-0.15, -0.1) is 0 Å². The van der Waals surface area contributed by atoms with Gasteiger partial charge in [-0.3, -0.25) is 14.4 Å². The quantitative estimate of drug-likeness (QED) is 0.0261. The Morgan fingerprint density at radius 2 is 0.500 bits per heavy atom. The first-order chi connectivity index (χ1) is 38.5. The fraction of sp³-hybridized carbons (Fsp3) is 0.819. The highest BCUT2D eigenvalue weighted by atomic mass is 16.6. The molecule has 0 bridgehead atoms. The third kappa shape index (κ3) is 63.9. The Labute approximate surface area is 485 Å². The van der Waals surface area contributed by atoms with E-state index in [4.69, 9.17) is 14.2 Å². The Kier molecular flexibility index (Phi) is 64.2. The topological polar surface area (TPSA) is 78.9 Å². The molecule has 0 fully saturated rings. The van der Waals surface area contributed by atoms with Gasteiger partial charge in [0.05, 0.1) is 0 Å². The van der Waals surface area contributed by atoms with Gasteiger partial charge in [0.2, 0.25) is 0 Å². The molecule has 0 aromatic heterocycles. The molecule has 0 amide bonds. The van der Waals surface area contributed by atoms with E-state index < -0.39 is 6.10 Å². The molecule has 6 heteroatoms. The van der Waals surface area contributed by atoms with E-state index in [1.165, 1.54) is 225 Å². The lowest BCUT2D eigenvalue weighted by molar-refractivity contribution is -0.167. The highest BCUT2D eigenvalue weighted by Gasteiger charge is 2.19. The Hall–Kier alpha value is -2.89. The van der Waals surface area contributed by atoms with Crippen molar-refractivity contribution in [2.75, 3.05) is 13.2 Å². The molecule has 0 aliphatic heterocycles. The second-order valence-electron chi connectivity index (χ2n) is 23.1. The third-order valence-corrected chi connectivity index (χ3v) is 15.3. The molecule has 78 heavy (non-hydrogen) atoms. The molecule has 6 nitrogen and oxygen atoms in total. The molecule has 0 N–H and O–H groups in total. The summed E-state index contributed by atoms with van der Waals surface area (Å²) in [4.78, 5) is 38.4. The maximum absolute atomic E-state index is 13.0. The van der Waals surface area contributed by atoms with Crippen molar-refractivity contribution in [2.24, 2.45) is 0 Å². The Morgan fingerprint density at radius 3 is 0.782 bits per heavy atom. The fourth-order valence-electron chi connectivity index (χ4n) is 10.2. The molecule has 0 aromatic rings. The molecule has 1 unspecified atom stereocenters. The molecule has 0 heterocycles. The lowest BCUT2D eigenvalue weighted by Crippen LogP contribution is -2.30. The van der Waals surface area contributed by atoms with Crippen LogP contribution in [-0.2, 0) is 28.6 Å². The van der Waals surface area contributed by atoms with E-state index in [0.29, 0.717) is 19.3 Å². The molecule has 0 saturated heterocycles. The molecule has 0 rings (SSSR count). The SMILES string of the molecule is CC/C=C\C/C=C\C/C=C\C/C=C\C/C=C\CCCCCCCCCC(=O)OCC(COC(=O)CCCCCCCCCCCCCCCCCC)OC(=O)CCCCCCCCCCCCCCCCCCCCCCC. The predicted molar refractivity (Wildman–Crippen MR) is 339 cm³/mol. The van der Waals surface area contributed by atoms with Gasteiger partial charge in [-0.2, -0.15) is 0 Å². The minimum Gasteiger partial charge on any atom is -0.462 e. The Bertz CT molecular complexity index is 1390. The van der Waals surface area contributed by atoms with Gasteiger partial charge < -0.3 is 14.2 Å². The molecule has 0 aliphatic carbocycles. The highest BCUT2D eigenvalue weighted by Crippen LogP contribution is 2.18. The Morgan fingerprint density at radius 1 is 0.269 bits per heavy atom. The van der Waals surface area contributed by atoms with Gasteiger partial charge in [-0.25, -0.2) is 0 Å². The van der Waals surface area contributed by atoms with E-state index in [9.17, 15) is 14.4 Å². The molecular formula is C72H130O6. The zero-order chi connectivity index (χ0) is 56.4. The summed E-state index contributed by atoms with van der Waals surface area (Å²) in [5.74, 6) is -0.858. The lowest BCUT2D eigenvalue weighted by atomic mass is 10.0. The normalized spacial score (nSPS) is 12.4. The van der Waals surface area contributed by atoms with Gasteiger partial charge >= 0.3 is 17.9 Å². The van der Waals surface area contributed by atoms with E-state index in [-0.39, 0.29) is 31.1 Å². The van der Waals surface area contributed by atoms with Crippen molar-refractivity contribution in [1.82, 2.24) is 0 Å². The first kappa shape index (κ1) is 75.1. The van der Waals surface area contributed by atoms with E-state index >= 15 is 0 Å². The number of hydrogen-bond donors (Lipinski definition) is 0. The third-order valence-electron chi connectivity index (χ3n) is 15.3. The average Bonchev–Trinajstić information content (AvgIpc) is 3.44. The average molecular weight is 1090 g/mol. The molecule has 454 valence electrons. The summed E-state index contributed by atoms with van der Waals surface area (Å²) in [5, 5.41) is 0. The number of carbonyl (C=O) groups is 3. The number of hydrogen-bond acceptors (Lipinski definition) is 6. The molecule has 0 aromatic carbocycles. The van der Waals surface area contributed by atoms with Crippen LogP contribution < -0.4 is 0 Å². The Balaban J connectivity index is 4.34. The van der Waals surface area contributed by atoms with Crippen molar-refractivity contribution in [1.29, 1.82) is 0 Å². The molecule has 0 spiro atoms. The standard InChI is InChI=1S/C72H130O6/c1-4-7-10-13-16-19-22-25-28-31-33-35-36-38-39-41-44-47-50-53-56-59-62-65-71(74)77-68-69(67-76-70(73)64-61-58-55-52-49-46-43-30-27-24-21-18-15-12-9-6-3)78-72(75)66-63-60-57-54-51-48-45-42-40-37-34-32-29-26-23-20-17-14-11-8-5-2/h7,10,16,19,25,28,33,35,38-39,69H,4-6,8-9,11-15,17-18,20-24,26-27,29-32,34,36-37,40-68H2,1-3H3/b10-7-,19-16-,28-25-,35-33-,39-38-. The summed E-state index contributed by atoms with van der Waals surface area (Å²) in [6, 6.07) is 0. The second kappa shape index (κ2) is 66.6. The minimum absolute atomic E-state index is 0.0723. The number of rotatable bonds is 63. The van der Waals surface area contributed by atoms with Crippen molar-refractivity contribution < 1.29 is 28.6 Å². The van der Waals surface area contributed by atoms with Crippen LogP contribution in [0, 0.1) is 0 Å². The van der Waals surface area contributed by atoms with Crippen LogP contribution in [0.2, 0.25) is 0 Å². The maximum atomic E-state index is 13.0. The van der Waals surface area contributed by atoms with Crippen molar-refractivity contribution in [3.05, 3.63) is 60.8 Å². The largest absolute Gasteiger partial charge is 0.462 e. The summed E-state index contributed by atoms with van der Waals surface area (Å²) < 4.78 is 17.0. The van der Waals surface area contributed by atoms with Gasteiger partial charge in [-0.1, -0.05) is 338 Å². The summed E-state index contributed by atoms with van der Waals surface area (Å²) >= 11 is 0. The van der Waals surface area contributed by atoms with Gasteiger partial charge in [0.25, 0.3) is 0 Å². The first-order valence-electron chi connectivity index (χ1n) is 34.3. The highest BCUT2D eigenvalue weighted by molar-refractivity contribution is 5.71. The summed E-state index contributed by atoms with van der Waals surface area (Å²) in [6.07, 6.45) is 85.2. The molecule has 0 radical (unpaired) electrons. The van der Waals surface area contributed by atoms with E-state index in [2.05, 4.69) is 81.5 Å². The van der Waals surface area contributed by atoms with Crippen LogP contribution in [0.4, 0.5) is 0 Å². The molecular weight excluding hydrogens is 961 g/mol. The summed E-state index contributed by atoms with van der Waals surface area (Å²) in [6.45, 7) is 6.59. The molecule has 1 atom stereocenters. The van der Waals surface area contributed by atoms with Crippen molar-refractivity contribution in [2.45, 2.75) is 367 Å². The van der Waals surface area contributed by atoms with Crippen LogP contribution in [-0.4, -0.2) is 37.2 Å². The maximum Gasteiger partial charge on any atom is 0.306 e. The second-order valence-corrected chi connectivity index (χ2v) is 23.1. The number of esters is 3. The monoisotopic (exact) mass is 1090 g/mol. The molecule has 0 aliphatic rings. The van der Waals surface area contributed by atoms with E-state index in [1.807, 2.05) is 0 Å². The zero-order valence-corrected chi connectivity index (χ0v) is 52.2. The van der Waals surface area contributed by atoms with Crippen LogP contribution in [0.15, 0.2) is 60.8 Å². The minimum atomic E-state index is -0.777. The van der Waals surface area contributed by atoms with Crippen molar-refractivity contribution >= 4 is 17.9 Å². The van der Waals surface area contributed by atoms with Gasteiger partial charge in [-0.05, 0) is 64.2 Å². The number of unbranched alkanes of at least 4 members (excludes halogenated alkanes) is 42. The summed E-state index contributed by atoms with van der Waals surface area (Å²) in [7, 11) is 0. The van der Waals surface area contributed by atoms with Crippen LogP contribution >= 0.6 is 0 Å². The van der Waals surface area contributed by atoms with Crippen LogP contribution in [0.5, 0.6) is 0 Å². The lowest BCUT2D eigenvalue weighted by Gasteiger charge is -2.18. The zero-order valence-electron chi connectivity index (χ0n) is 52.2. The van der Waals surface area contributed by atoms with E-state index in [1.54, 1.807) is 0 Å². The summed E-state index contributed by atoms with van der Waals surface area (Å²) in [5.41, 5.74) is 0. The smallest absolute Gasteiger partial charge is 0.306 e. The van der Waals surface area contributed by atoms with E-state index in [0.717, 1.165) is 96.3 Å². The van der Waals surface area contributed by atoms with Gasteiger partial charge in [0.1, 0.15) is 13.2 Å². The predicted octanol–water partition coefficient (Wildman–Crippen LogP) is 23.5. The van der Waals surface area contributed by atoms with Crippen LogP contribution in [0.3, 0.4) is 0 Å². The van der Waals surface area contributed by atoms with Crippen molar-refractivity contribution in [3.8, 4) is 0 Å². The van der Waals surface area contributed by atoms with Gasteiger partial charge in [0.15, 0.2) is 6.10 Å². The number of ether oxygens (including phenoxy) is 3. The van der Waals surface area contributed by atoms with Crippen LogP contribution in [0.25, 0.3) is 0 Å². The van der Waals surface area contributed by atoms with Crippen LogP contribution in [0.1, 0.15) is 361 Å². The number of carbonyl (C=O) groups excluding carboxylic acids is 3. The molecule has 0 saturated carbocycles. The number of allylic oxidation sites excluding steroid dienone is 10.